The number of nitrogens with one attached hydrogen (secondary N) is 2. The van der Waals surface area contributed by atoms with Crippen LogP contribution in [0.3, 0.4) is 0 Å². The van der Waals surface area contributed by atoms with Gasteiger partial charge in [-0.05, 0) is 12.8 Å². The molecule has 2 fully saturated rings. The standard InChI is InChI=1S/C18H21F6N7/c19-13(20)11-7-26-8-12(28-11)18(9-1-3-16(21,22)5-9)30-14(25)29-15(31-18)27-10-2-4-17(23,24)6-10/h7-10,13H,1-6H2,(H4,25,27,29,30,31). The van der Waals surface area contributed by atoms with Crippen LogP contribution < -0.4 is 16.4 Å². The molecule has 3 aliphatic rings. The molecule has 2 heterocycles. The zero-order valence-corrected chi connectivity index (χ0v) is 16.3. The Bertz CT molecular complexity index is 905. The van der Waals surface area contributed by atoms with Crippen LogP contribution >= 0.6 is 0 Å². The normalized spacial score (nSPS) is 33.3. The van der Waals surface area contributed by atoms with Gasteiger partial charge in [-0.3, -0.25) is 10.3 Å². The van der Waals surface area contributed by atoms with Gasteiger partial charge in [0.05, 0.1) is 18.4 Å². The molecule has 0 amide bonds. The lowest BCUT2D eigenvalue weighted by atomic mass is 9.87. The molecule has 0 aromatic carbocycles. The van der Waals surface area contributed by atoms with Gasteiger partial charge in [-0.1, -0.05) is 0 Å². The first-order chi connectivity index (χ1) is 14.5. The lowest BCUT2D eigenvalue weighted by Crippen LogP contribution is -2.61. The third-order valence-electron chi connectivity index (χ3n) is 5.80. The highest BCUT2D eigenvalue weighted by molar-refractivity contribution is 6.00. The van der Waals surface area contributed by atoms with Gasteiger partial charge in [0, 0.05) is 31.6 Å². The third kappa shape index (κ3) is 4.40. The summed E-state index contributed by atoms with van der Waals surface area (Å²) in [6.07, 6.45) is -2.58. The van der Waals surface area contributed by atoms with E-state index >= 15 is 0 Å². The molecule has 31 heavy (non-hydrogen) atoms. The van der Waals surface area contributed by atoms with Crippen molar-refractivity contribution in [1.29, 1.82) is 0 Å². The summed E-state index contributed by atoms with van der Waals surface area (Å²) in [5.74, 6) is -6.96. The zero-order valence-electron chi connectivity index (χ0n) is 16.3. The summed E-state index contributed by atoms with van der Waals surface area (Å²) < 4.78 is 81.7. The Balaban J connectivity index is 1.75. The second-order valence-corrected chi connectivity index (χ2v) is 8.17. The number of aromatic nitrogens is 2. The van der Waals surface area contributed by atoms with E-state index in [1.807, 2.05) is 0 Å². The molecule has 0 spiro atoms. The summed E-state index contributed by atoms with van der Waals surface area (Å²) in [5, 5.41) is 5.47. The fraction of sp³-hybridized carbons (Fsp3) is 0.667. The van der Waals surface area contributed by atoms with E-state index in [-0.39, 0.29) is 36.9 Å². The average molecular weight is 449 g/mol. The summed E-state index contributed by atoms with van der Waals surface area (Å²) in [7, 11) is 0. The van der Waals surface area contributed by atoms with E-state index in [0.29, 0.717) is 0 Å². The van der Waals surface area contributed by atoms with Crippen molar-refractivity contribution in [2.45, 2.75) is 68.5 Å². The summed E-state index contributed by atoms with van der Waals surface area (Å²) in [6.45, 7) is 0. The number of guanidine groups is 2. The molecule has 13 heteroatoms. The number of nitrogens with two attached hydrogens (primary N) is 1. The molecule has 4 rings (SSSR count). The first-order valence-corrected chi connectivity index (χ1v) is 9.83. The van der Waals surface area contributed by atoms with Gasteiger partial charge in [-0.25, -0.2) is 41.3 Å². The maximum Gasteiger partial charge on any atom is 0.281 e. The highest BCUT2D eigenvalue weighted by Crippen LogP contribution is 2.48. The Morgan fingerprint density at radius 2 is 1.77 bits per heavy atom. The first kappa shape index (κ1) is 21.6. The quantitative estimate of drug-likeness (QED) is 0.614. The SMILES string of the molecule is NC1=NC(c2cncc(C(F)F)n2)(C2CCC(F)(F)C2)NC(=NC2CCC(F)(F)C2)N1. The molecule has 0 radical (unpaired) electrons. The van der Waals surface area contributed by atoms with Crippen molar-refractivity contribution < 1.29 is 26.3 Å². The lowest BCUT2D eigenvalue weighted by Gasteiger charge is -2.40. The summed E-state index contributed by atoms with van der Waals surface area (Å²) >= 11 is 0. The molecule has 1 aromatic heterocycles. The zero-order chi connectivity index (χ0) is 22.4. The van der Waals surface area contributed by atoms with Crippen LogP contribution in [0.4, 0.5) is 26.3 Å². The largest absolute Gasteiger partial charge is 0.370 e. The van der Waals surface area contributed by atoms with Crippen molar-refractivity contribution in [3.8, 4) is 0 Å². The van der Waals surface area contributed by atoms with Crippen LogP contribution in [0.1, 0.15) is 56.3 Å². The molecule has 170 valence electrons. The van der Waals surface area contributed by atoms with Crippen LogP contribution in [0.5, 0.6) is 0 Å². The number of rotatable bonds is 4. The van der Waals surface area contributed by atoms with E-state index in [0.717, 1.165) is 12.4 Å². The molecule has 4 N–H and O–H groups in total. The van der Waals surface area contributed by atoms with Crippen molar-refractivity contribution in [3.63, 3.8) is 0 Å². The number of hydrogen-bond donors (Lipinski definition) is 3. The van der Waals surface area contributed by atoms with Crippen LogP contribution in [-0.2, 0) is 5.66 Å². The van der Waals surface area contributed by atoms with E-state index in [4.69, 9.17) is 5.73 Å². The minimum atomic E-state index is -2.98. The van der Waals surface area contributed by atoms with Crippen molar-refractivity contribution in [2.75, 3.05) is 0 Å². The fourth-order valence-corrected chi connectivity index (χ4v) is 4.36. The van der Waals surface area contributed by atoms with Gasteiger partial charge >= 0.3 is 0 Å². The molecule has 0 saturated heterocycles. The summed E-state index contributed by atoms with van der Waals surface area (Å²) in [5.41, 5.74) is 3.37. The van der Waals surface area contributed by atoms with Gasteiger partial charge in [0.1, 0.15) is 11.4 Å². The smallest absolute Gasteiger partial charge is 0.281 e. The van der Waals surface area contributed by atoms with Gasteiger partial charge < -0.3 is 11.1 Å². The van der Waals surface area contributed by atoms with Crippen LogP contribution in [0.25, 0.3) is 0 Å². The van der Waals surface area contributed by atoms with Crippen LogP contribution in [-0.4, -0.2) is 39.8 Å². The minimum absolute atomic E-state index is 0.00610. The summed E-state index contributed by atoms with van der Waals surface area (Å²) in [4.78, 5) is 16.2. The van der Waals surface area contributed by atoms with Crippen molar-refractivity contribution in [3.05, 3.63) is 23.8 Å². The molecule has 2 aliphatic carbocycles. The van der Waals surface area contributed by atoms with Gasteiger partial charge in [0.15, 0.2) is 11.6 Å². The molecule has 3 atom stereocenters. The molecule has 3 unspecified atom stereocenters. The third-order valence-corrected chi connectivity index (χ3v) is 5.80. The average Bonchev–Trinajstić information content (AvgIpc) is 3.22. The molecule has 1 aromatic rings. The second kappa shape index (κ2) is 7.52. The predicted molar refractivity (Wildman–Crippen MR) is 98.9 cm³/mol. The Kier molecular flexibility index (Phi) is 5.24. The maximum atomic E-state index is 14.1. The molecule has 2 saturated carbocycles. The van der Waals surface area contributed by atoms with Gasteiger partial charge in [-0.2, -0.15) is 0 Å². The Morgan fingerprint density at radius 3 is 2.39 bits per heavy atom. The number of alkyl halides is 6. The van der Waals surface area contributed by atoms with E-state index < -0.39 is 60.8 Å². The first-order valence-electron chi connectivity index (χ1n) is 9.83. The monoisotopic (exact) mass is 449 g/mol. The lowest BCUT2D eigenvalue weighted by molar-refractivity contribution is -0.000460. The maximum absolute atomic E-state index is 14.1. The van der Waals surface area contributed by atoms with Crippen LogP contribution in [0.15, 0.2) is 22.4 Å². The van der Waals surface area contributed by atoms with Crippen molar-refractivity contribution in [2.24, 2.45) is 21.6 Å². The molecule has 1 aliphatic heterocycles. The van der Waals surface area contributed by atoms with E-state index in [2.05, 4.69) is 30.6 Å². The van der Waals surface area contributed by atoms with E-state index in [1.165, 1.54) is 0 Å². The number of hydrogen-bond acceptors (Lipinski definition) is 5. The van der Waals surface area contributed by atoms with E-state index in [9.17, 15) is 26.3 Å². The number of aliphatic imine (C=N–C) groups is 2. The molecule has 7 nitrogen and oxygen atoms in total. The number of halogens is 6. The van der Waals surface area contributed by atoms with Crippen LogP contribution in [0.2, 0.25) is 0 Å². The minimum Gasteiger partial charge on any atom is -0.370 e. The summed E-state index contributed by atoms with van der Waals surface area (Å²) in [6, 6.07) is -0.725. The second-order valence-electron chi connectivity index (χ2n) is 8.17. The van der Waals surface area contributed by atoms with Crippen molar-refractivity contribution in [1.82, 2.24) is 20.6 Å². The highest BCUT2D eigenvalue weighted by atomic mass is 19.3. The fourth-order valence-electron chi connectivity index (χ4n) is 4.36. The highest BCUT2D eigenvalue weighted by Gasteiger charge is 2.53. The van der Waals surface area contributed by atoms with Gasteiger partial charge in [0.2, 0.25) is 17.8 Å². The molecular weight excluding hydrogens is 428 g/mol. The Labute approximate surface area is 173 Å². The van der Waals surface area contributed by atoms with E-state index in [1.54, 1.807) is 0 Å². The predicted octanol–water partition coefficient (Wildman–Crippen LogP) is 3.05. The Hall–Kier alpha value is -2.60. The Morgan fingerprint density at radius 1 is 1.06 bits per heavy atom. The molecule has 0 bridgehead atoms. The van der Waals surface area contributed by atoms with Crippen molar-refractivity contribution >= 4 is 11.9 Å². The van der Waals surface area contributed by atoms with Gasteiger partial charge in [0.25, 0.3) is 6.43 Å². The van der Waals surface area contributed by atoms with Gasteiger partial charge in [-0.15, -0.1) is 0 Å². The number of nitrogens with zero attached hydrogens (tertiary/aromatic N) is 4. The van der Waals surface area contributed by atoms with Crippen LogP contribution in [0, 0.1) is 5.92 Å². The topological polar surface area (TPSA) is 101 Å². The molecular formula is C18H21F6N7.